The Morgan fingerprint density at radius 2 is 2.21 bits per heavy atom. The predicted molar refractivity (Wildman–Crippen MR) is 57.1 cm³/mol. The van der Waals surface area contributed by atoms with Crippen molar-refractivity contribution in [2.24, 2.45) is 0 Å². The Labute approximate surface area is 85.8 Å². The number of imidazole rings is 1. The third-order valence-electron chi connectivity index (χ3n) is 2.42. The summed E-state index contributed by atoms with van der Waals surface area (Å²) in [4.78, 5) is 4.08. The van der Waals surface area contributed by atoms with Crippen LogP contribution in [0.25, 0.3) is 0 Å². The third kappa shape index (κ3) is 2.58. The van der Waals surface area contributed by atoms with Crippen molar-refractivity contribution in [2.45, 2.75) is 52.2 Å². The van der Waals surface area contributed by atoms with E-state index < -0.39 is 0 Å². The molecule has 0 radical (unpaired) electrons. The molecule has 1 atom stereocenters. The first-order chi connectivity index (χ1) is 6.66. The Balaban J connectivity index is 2.68. The van der Waals surface area contributed by atoms with Crippen molar-refractivity contribution >= 4 is 0 Å². The number of unbranched alkanes of at least 4 members (excludes halogenated alkanes) is 1. The van der Waals surface area contributed by atoms with Crippen LogP contribution in [0.15, 0.2) is 12.5 Å². The zero-order valence-corrected chi connectivity index (χ0v) is 9.27. The maximum atomic E-state index is 9.91. The van der Waals surface area contributed by atoms with Gasteiger partial charge in [-0.05, 0) is 20.3 Å². The number of nitrogens with zero attached hydrogens (tertiary/aromatic N) is 2. The minimum absolute atomic E-state index is 0.361. The van der Waals surface area contributed by atoms with E-state index in [1.807, 2.05) is 4.57 Å². The molecule has 14 heavy (non-hydrogen) atoms. The van der Waals surface area contributed by atoms with Crippen molar-refractivity contribution in [1.29, 1.82) is 0 Å². The highest BCUT2D eigenvalue weighted by Crippen LogP contribution is 2.21. The number of hydrogen-bond donors (Lipinski definition) is 1. The molecule has 0 saturated heterocycles. The first-order valence-electron chi connectivity index (χ1n) is 5.36. The van der Waals surface area contributed by atoms with Crippen LogP contribution in [0.5, 0.6) is 0 Å². The molecule has 1 heterocycles. The lowest BCUT2D eigenvalue weighted by Crippen LogP contribution is -2.08. The number of hydrogen-bond acceptors (Lipinski definition) is 2. The van der Waals surface area contributed by atoms with E-state index in [9.17, 15) is 5.11 Å². The highest BCUT2D eigenvalue weighted by atomic mass is 16.3. The molecule has 0 spiro atoms. The average molecular weight is 196 g/mol. The summed E-state index contributed by atoms with van der Waals surface area (Å²) in [6.45, 7) is 6.32. The summed E-state index contributed by atoms with van der Waals surface area (Å²) in [6.07, 6.45) is 6.20. The van der Waals surface area contributed by atoms with Crippen LogP contribution in [0.3, 0.4) is 0 Å². The molecule has 1 aromatic rings. The highest BCUT2D eigenvalue weighted by Gasteiger charge is 2.13. The number of rotatable bonds is 5. The third-order valence-corrected chi connectivity index (χ3v) is 2.42. The molecule has 0 amide bonds. The molecule has 0 fully saturated rings. The fourth-order valence-electron chi connectivity index (χ4n) is 1.55. The number of aliphatic hydroxyl groups is 1. The molecule has 0 aliphatic heterocycles. The molecule has 0 aromatic carbocycles. The van der Waals surface area contributed by atoms with E-state index in [4.69, 9.17) is 0 Å². The first kappa shape index (κ1) is 11.2. The maximum absolute atomic E-state index is 9.91. The lowest BCUT2D eigenvalue weighted by molar-refractivity contribution is 0.153. The van der Waals surface area contributed by atoms with Crippen molar-refractivity contribution in [1.82, 2.24) is 9.55 Å². The van der Waals surface area contributed by atoms with Crippen LogP contribution in [0.4, 0.5) is 0 Å². The summed E-state index contributed by atoms with van der Waals surface area (Å²) in [7, 11) is 0. The largest absolute Gasteiger partial charge is 0.387 e. The van der Waals surface area contributed by atoms with Gasteiger partial charge in [-0.15, -0.1) is 0 Å². The Morgan fingerprint density at radius 3 is 2.79 bits per heavy atom. The normalized spacial score (nSPS) is 13.5. The van der Waals surface area contributed by atoms with Gasteiger partial charge in [0.1, 0.15) is 0 Å². The van der Waals surface area contributed by atoms with Gasteiger partial charge in [-0.2, -0.15) is 0 Å². The summed E-state index contributed by atoms with van der Waals surface area (Å²) >= 11 is 0. The van der Waals surface area contributed by atoms with Crippen LogP contribution in [0.1, 0.15) is 57.9 Å². The molecule has 1 unspecified atom stereocenters. The Bertz CT molecular complexity index is 268. The monoisotopic (exact) mass is 196 g/mol. The van der Waals surface area contributed by atoms with Crippen LogP contribution in [-0.2, 0) is 0 Å². The van der Waals surface area contributed by atoms with E-state index in [2.05, 4.69) is 25.8 Å². The zero-order valence-electron chi connectivity index (χ0n) is 9.27. The second kappa shape index (κ2) is 5.15. The smallest absolute Gasteiger partial charge is 0.0955 e. The van der Waals surface area contributed by atoms with E-state index in [1.165, 1.54) is 0 Å². The summed E-state index contributed by atoms with van der Waals surface area (Å²) in [6, 6.07) is 0.365. The summed E-state index contributed by atoms with van der Waals surface area (Å²) in [5, 5.41) is 9.91. The molecule has 0 saturated carbocycles. The van der Waals surface area contributed by atoms with E-state index in [1.54, 1.807) is 12.5 Å². The molecule has 1 aromatic heterocycles. The van der Waals surface area contributed by atoms with E-state index in [0.717, 1.165) is 25.0 Å². The van der Waals surface area contributed by atoms with Gasteiger partial charge in [-0.1, -0.05) is 19.8 Å². The van der Waals surface area contributed by atoms with Crippen molar-refractivity contribution in [3.05, 3.63) is 18.2 Å². The van der Waals surface area contributed by atoms with E-state index >= 15 is 0 Å². The van der Waals surface area contributed by atoms with Crippen LogP contribution < -0.4 is 0 Å². The lowest BCUT2D eigenvalue weighted by Gasteiger charge is -2.15. The van der Waals surface area contributed by atoms with Gasteiger partial charge in [0.2, 0.25) is 0 Å². The second-order valence-electron chi connectivity index (χ2n) is 3.98. The van der Waals surface area contributed by atoms with Crippen molar-refractivity contribution in [3.8, 4) is 0 Å². The van der Waals surface area contributed by atoms with Gasteiger partial charge in [0.05, 0.1) is 24.3 Å². The van der Waals surface area contributed by atoms with Gasteiger partial charge < -0.3 is 9.67 Å². The standard InChI is InChI=1S/C11H20N2O/c1-4-5-6-11(14)10-7-12-8-13(10)9(2)3/h7-9,11,14H,4-6H2,1-3H3. The van der Waals surface area contributed by atoms with Crippen molar-refractivity contribution in [3.63, 3.8) is 0 Å². The molecule has 0 bridgehead atoms. The molecule has 80 valence electrons. The lowest BCUT2D eigenvalue weighted by atomic mass is 10.1. The van der Waals surface area contributed by atoms with Crippen LogP contribution in [0, 0.1) is 0 Å². The van der Waals surface area contributed by atoms with Gasteiger partial charge in [-0.25, -0.2) is 4.98 Å². The Kier molecular flexibility index (Phi) is 4.14. The van der Waals surface area contributed by atoms with Crippen LogP contribution >= 0.6 is 0 Å². The zero-order chi connectivity index (χ0) is 10.6. The number of aliphatic hydroxyl groups excluding tert-OH is 1. The summed E-state index contributed by atoms with van der Waals surface area (Å²) in [5.41, 5.74) is 0.938. The van der Waals surface area contributed by atoms with Gasteiger partial charge in [0, 0.05) is 6.04 Å². The molecule has 3 heteroatoms. The Morgan fingerprint density at radius 1 is 1.50 bits per heavy atom. The van der Waals surface area contributed by atoms with Crippen molar-refractivity contribution in [2.75, 3.05) is 0 Å². The van der Waals surface area contributed by atoms with E-state index in [0.29, 0.717) is 6.04 Å². The molecule has 0 aliphatic carbocycles. The fourth-order valence-corrected chi connectivity index (χ4v) is 1.55. The first-order valence-corrected chi connectivity index (χ1v) is 5.36. The predicted octanol–water partition coefficient (Wildman–Crippen LogP) is 2.69. The minimum atomic E-state index is -0.361. The molecule has 1 rings (SSSR count). The topological polar surface area (TPSA) is 38.1 Å². The fraction of sp³-hybridized carbons (Fsp3) is 0.727. The molecule has 0 aliphatic rings. The molecular formula is C11H20N2O. The van der Waals surface area contributed by atoms with Crippen molar-refractivity contribution < 1.29 is 5.11 Å². The van der Waals surface area contributed by atoms with Gasteiger partial charge >= 0.3 is 0 Å². The SMILES string of the molecule is CCCCC(O)c1cncn1C(C)C. The summed E-state index contributed by atoms with van der Waals surface area (Å²) < 4.78 is 2.03. The number of aromatic nitrogens is 2. The average Bonchev–Trinajstić information content (AvgIpc) is 2.62. The second-order valence-corrected chi connectivity index (χ2v) is 3.98. The Hall–Kier alpha value is -0.830. The summed E-state index contributed by atoms with van der Waals surface area (Å²) in [5.74, 6) is 0. The van der Waals surface area contributed by atoms with Gasteiger partial charge in [-0.3, -0.25) is 0 Å². The van der Waals surface area contributed by atoms with Crippen LogP contribution in [-0.4, -0.2) is 14.7 Å². The van der Waals surface area contributed by atoms with Gasteiger partial charge in [0.25, 0.3) is 0 Å². The minimum Gasteiger partial charge on any atom is -0.387 e. The quantitative estimate of drug-likeness (QED) is 0.786. The maximum Gasteiger partial charge on any atom is 0.0955 e. The van der Waals surface area contributed by atoms with Gasteiger partial charge in [0.15, 0.2) is 0 Å². The highest BCUT2D eigenvalue weighted by molar-refractivity contribution is 5.03. The molecular weight excluding hydrogens is 176 g/mol. The van der Waals surface area contributed by atoms with Crippen LogP contribution in [0.2, 0.25) is 0 Å². The molecule has 3 nitrogen and oxygen atoms in total. The van der Waals surface area contributed by atoms with E-state index in [-0.39, 0.29) is 6.10 Å². The molecule has 1 N–H and O–H groups in total.